The molecular weight excluding hydrogens is 779 g/mol. The van der Waals surface area contributed by atoms with Crippen LogP contribution < -0.4 is 15.4 Å². The molecule has 0 spiro atoms. The molecule has 0 aliphatic carbocycles. The highest BCUT2D eigenvalue weighted by Gasteiger charge is 2.20. The second-order valence-electron chi connectivity index (χ2n) is 15.0. The Hall–Kier alpha value is -6.90. The molecule has 61 heavy (non-hydrogen) atoms. The zero-order valence-electron chi connectivity index (χ0n) is 34.5. The molecule has 12 nitrogen and oxygen atoms in total. The van der Waals surface area contributed by atoms with E-state index in [1.54, 1.807) is 42.9 Å². The zero-order chi connectivity index (χ0) is 43.3. The predicted octanol–water partition coefficient (Wildman–Crippen LogP) is 6.59. The van der Waals surface area contributed by atoms with Gasteiger partial charge in [0.1, 0.15) is 29.3 Å². The third kappa shape index (κ3) is 12.3. The molecule has 14 heteroatoms. The Bertz CT molecular complexity index is 2570. The minimum atomic E-state index is -0.437. The van der Waals surface area contributed by atoms with Crippen LogP contribution in [0.4, 0.5) is 8.78 Å². The molecule has 0 aliphatic heterocycles. The molecule has 3 aromatic carbocycles. The maximum Gasteiger partial charge on any atom is 0.273 e. The predicted molar refractivity (Wildman–Crippen MR) is 232 cm³/mol. The number of ether oxygens (including phenoxy) is 1. The highest BCUT2D eigenvalue weighted by Crippen LogP contribution is 2.29. The molecule has 0 bridgehead atoms. The number of rotatable bonds is 15. The minimum Gasteiger partial charge on any atom is -0.504 e. The van der Waals surface area contributed by atoms with Crippen molar-refractivity contribution in [2.24, 2.45) is 0 Å². The lowest BCUT2D eigenvalue weighted by Crippen LogP contribution is -2.32. The summed E-state index contributed by atoms with van der Waals surface area (Å²) in [6.07, 6.45) is 7.75. The number of amides is 2. The summed E-state index contributed by atoms with van der Waals surface area (Å²) in [5.74, 6) is -1.15. The van der Waals surface area contributed by atoms with Crippen molar-refractivity contribution in [1.82, 2.24) is 40.4 Å². The first-order chi connectivity index (χ1) is 29.4. The number of benzene rings is 3. The van der Waals surface area contributed by atoms with Crippen LogP contribution in [-0.2, 0) is 19.4 Å². The molecule has 2 amide bonds. The maximum absolute atomic E-state index is 13.2. The van der Waals surface area contributed by atoms with Gasteiger partial charge in [-0.05, 0) is 105 Å². The van der Waals surface area contributed by atoms with Crippen LogP contribution in [0.25, 0.3) is 21.8 Å². The van der Waals surface area contributed by atoms with Crippen molar-refractivity contribution in [1.29, 1.82) is 0 Å². The highest BCUT2D eigenvalue weighted by molar-refractivity contribution is 6.01. The topological polar surface area (TPSA) is 146 Å². The van der Waals surface area contributed by atoms with Gasteiger partial charge in [-0.3, -0.25) is 19.6 Å². The third-order valence-corrected chi connectivity index (χ3v) is 9.48. The number of fused-ring (bicyclic) bond motifs is 2. The van der Waals surface area contributed by atoms with Crippen molar-refractivity contribution < 1.29 is 28.2 Å². The van der Waals surface area contributed by atoms with E-state index in [-0.39, 0.29) is 34.7 Å². The fourth-order valence-electron chi connectivity index (χ4n) is 6.27. The van der Waals surface area contributed by atoms with E-state index in [0.717, 1.165) is 33.2 Å². The number of carbonyl (C=O) groups excluding carboxylic acids is 2. The Morgan fingerprint density at radius 1 is 0.590 bits per heavy atom. The molecule has 7 aromatic rings. The Balaban J connectivity index is 0.000000210. The molecule has 4 aromatic heterocycles. The molecule has 3 N–H and O–H groups in total. The summed E-state index contributed by atoms with van der Waals surface area (Å²) in [7, 11) is 7.71. The van der Waals surface area contributed by atoms with Crippen molar-refractivity contribution in [2.45, 2.75) is 19.4 Å². The largest absolute Gasteiger partial charge is 0.504 e. The summed E-state index contributed by atoms with van der Waals surface area (Å²) in [6.45, 7) is 2.64. The average Bonchev–Trinajstić information content (AvgIpc) is 3.24. The van der Waals surface area contributed by atoms with Gasteiger partial charge in [-0.2, -0.15) is 0 Å². The second kappa shape index (κ2) is 20.9. The van der Waals surface area contributed by atoms with E-state index in [1.165, 1.54) is 30.5 Å². The quantitative estimate of drug-likeness (QED) is 0.104. The van der Waals surface area contributed by atoms with E-state index in [0.29, 0.717) is 67.8 Å². The van der Waals surface area contributed by atoms with Crippen molar-refractivity contribution in [3.8, 4) is 11.5 Å². The van der Waals surface area contributed by atoms with Crippen molar-refractivity contribution in [2.75, 3.05) is 54.4 Å². The van der Waals surface area contributed by atoms with Gasteiger partial charge in [-0.15, -0.1) is 0 Å². The van der Waals surface area contributed by atoms with Crippen LogP contribution in [0, 0.1) is 11.6 Å². The van der Waals surface area contributed by atoms with Crippen LogP contribution in [0.2, 0.25) is 0 Å². The lowest BCUT2D eigenvalue weighted by atomic mass is 10.0. The van der Waals surface area contributed by atoms with Gasteiger partial charge in [0.05, 0.1) is 0 Å². The Morgan fingerprint density at radius 3 is 1.59 bits per heavy atom. The number of halogens is 2. The number of nitrogens with one attached hydrogen (secondary N) is 2. The van der Waals surface area contributed by atoms with Crippen molar-refractivity contribution >= 4 is 33.6 Å². The number of likely N-dealkylation sites (N-methyl/N-ethyl adjacent to an activating group) is 2. The summed E-state index contributed by atoms with van der Waals surface area (Å²) < 4.78 is 32.4. The normalized spacial score (nSPS) is 11.1. The lowest BCUT2D eigenvalue weighted by Gasteiger charge is -2.15. The van der Waals surface area contributed by atoms with Gasteiger partial charge in [-0.1, -0.05) is 54.6 Å². The van der Waals surface area contributed by atoms with Crippen LogP contribution in [0.15, 0.2) is 116 Å². The van der Waals surface area contributed by atoms with Gasteiger partial charge in [0.15, 0.2) is 22.9 Å². The Morgan fingerprint density at radius 2 is 1.07 bits per heavy atom. The van der Waals surface area contributed by atoms with Crippen LogP contribution >= 0.6 is 0 Å². The van der Waals surface area contributed by atoms with Crippen LogP contribution in [0.3, 0.4) is 0 Å². The molecule has 0 saturated carbocycles. The lowest BCUT2D eigenvalue weighted by molar-refractivity contribution is 0.0934. The van der Waals surface area contributed by atoms with Crippen molar-refractivity contribution in [3.63, 3.8) is 0 Å². The van der Waals surface area contributed by atoms with E-state index in [4.69, 9.17) is 4.74 Å². The highest BCUT2D eigenvalue weighted by atomic mass is 19.1. The Labute approximate surface area is 353 Å². The first-order valence-corrected chi connectivity index (χ1v) is 19.7. The fraction of sp³-hybridized carbons (Fsp3) is 0.234. The van der Waals surface area contributed by atoms with Gasteiger partial charge in [0.2, 0.25) is 0 Å². The fourth-order valence-corrected chi connectivity index (χ4v) is 6.27. The number of hydrogen-bond donors (Lipinski definition) is 3. The summed E-state index contributed by atoms with van der Waals surface area (Å²) in [4.78, 5) is 46.5. The zero-order valence-corrected chi connectivity index (χ0v) is 34.5. The Kier molecular flexibility index (Phi) is 14.9. The number of hydrogen-bond acceptors (Lipinski definition) is 10. The van der Waals surface area contributed by atoms with Gasteiger partial charge in [0.25, 0.3) is 11.8 Å². The smallest absolute Gasteiger partial charge is 0.273 e. The molecule has 4 heterocycles. The minimum absolute atomic E-state index is 0.0416. The molecule has 7 rings (SSSR count). The number of aromatic nitrogens is 4. The summed E-state index contributed by atoms with van der Waals surface area (Å²) in [6, 6.07) is 26.2. The molecule has 0 saturated heterocycles. The SMILES string of the molecule is CN(C)CCNC(=O)c1ncc2cc(Cc3ccc(F)cc3)cnc2c1O.CN(C)CCNC(=O)c1ncc2cc(Cc3ccc(F)cc3)cnc2c1OCc1ccccc1. The van der Waals surface area contributed by atoms with E-state index in [2.05, 4.69) is 30.6 Å². The summed E-state index contributed by atoms with van der Waals surface area (Å²) in [5, 5.41) is 17.4. The summed E-state index contributed by atoms with van der Waals surface area (Å²) in [5.41, 5.74) is 5.83. The molecule has 0 atom stereocenters. The number of nitrogens with zero attached hydrogens (tertiary/aromatic N) is 6. The number of pyridine rings is 4. The monoisotopic (exact) mass is 826 g/mol. The third-order valence-electron chi connectivity index (χ3n) is 9.48. The molecular formula is C47H48F2N8O4. The standard InChI is InChI=1S/C27H27FN4O2.C20H21FN4O2/c1-32(2)13-12-29-27(33)25-26(34-18-20-6-4-3-5-7-20)24-22(17-31-25)15-21(16-30-24)14-19-8-10-23(28)11-9-19;1-25(2)8-7-22-20(27)18-19(26)17-15(12-24-18)10-14(11-23-17)9-13-3-5-16(21)6-4-13/h3-11,15-17H,12-14,18H2,1-2H3,(H,29,33);3-6,10-12,26H,7-9H2,1-2H3,(H,22,27). The molecule has 314 valence electrons. The molecule has 0 fully saturated rings. The number of carbonyl (C=O) groups is 2. The number of aromatic hydroxyl groups is 1. The molecule has 0 unspecified atom stereocenters. The van der Waals surface area contributed by atoms with Crippen molar-refractivity contribution in [3.05, 3.63) is 167 Å². The van der Waals surface area contributed by atoms with Crippen LogP contribution in [-0.4, -0.2) is 101 Å². The van der Waals surface area contributed by atoms with E-state index in [1.807, 2.05) is 80.5 Å². The average molecular weight is 827 g/mol. The van der Waals surface area contributed by atoms with Crippen LogP contribution in [0.1, 0.15) is 48.8 Å². The van der Waals surface area contributed by atoms with Gasteiger partial charge in [0, 0.05) is 61.7 Å². The van der Waals surface area contributed by atoms with E-state index < -0.39 is 5.91 Å². The van der Waals surface area contributed by atoms with E-state index >= 15 is 0 Å². The first kappa shape index (κ1) is 43.7. The summed E-state index contributed by atoms with van der Waals surface area (Å²) >= 11 is 0. The van der Waals surface area contributed by atoms with Crippen LogP contribution in [0.5, 0.6) is 11.5 Å². The maximum atomic E-state index is 13.2. The van der Waals surface area contributed by atoms with Gasteiger partial charge >= 0.3 is 0 Å². The van der Waals surface area contributed by atoms with Gasteiger partial charge in [-0.25, -0.2) is 18.7 Å². The molecule has 0 radical (unpaired) electrons. The van der Waals surface area contributed by atoms with Gasteiger partial charge < -0.3 is 30.3 Å². The molecule has 0 aliphatic rings. The first-order valence-electron chi connectivity index (χ1n) is 19.7. The van der Waals surface area contributed by atoms with E-state index in [9.17, 15) is 23.5 Å². The second-order valence-corrected chi connectivity index (χ2v) is 15.0.